The van der Waals surface area contributed by atoms with Crippen LogP contribution in [0.15, 0.2) is 30.6 Å². The number of nitrogens with zero attached hydrogens (tertiary/aromatic N) is 4. The van der Waals surface area contributed by atoms with Gasteiger partial charge in [-0.05, 0) is 56.9 Å². The summed E-state index contributed by atoms with van der Waals surface area (Å²) >= 11 is 0. The number of rotatable bonds is 4. The summed E-state index contributed by atoms with van der Waals surface area (Å²) in [5.41, 5.74) is 3.09. The van der Waals surface area contributed by atoms with Gasteiger partial charge in [0, 0.05) is 29.9 Å². The zero-order chi connectivity index (χ0) is 18.5. The van der Waals surface area contributed by atoms with Crippen LogP contribution in [0.2, 0.25) is 0 Å². The van der Waals surface area contributed by atoms with Gasteiger partial charge in [-0.15, -0.1) is 0 Å². The molecule has 26 heavy (non-hydrogen) atoms. The van der Waals surface area contributed by atoms with E-state index in [1.807, 2.05) is 18.7 Å². The number of piperidine rings is 1. The number of aromatic nitrogens is 2. The van der Waals surface area contributed by atoms with Gasteiger partial charge in [-0.1, -0.05) is 0 Å². The van der Waals surface area contributed by atoms with E-state index in [4.69, 9.17) is 10.00 Å². The smallest absolute Gasteiger partial charge is 0.253 e. The highest BCUT2D eigenvalue weighted by atomic mass is 16.5. The number of benzene rings is 1. The van der Waals surface area contributed by atoms with Crippen LogP contribution in [0.25, 0.3) is 0 Å². The second-order valence-corrected chi connectivity index (χ2v) is 6.62. The number of hydrogen-bond donors (Lipinski definition) is 0. The summed E-state index contributed by atoms with van der Waals surface area (Å²) in [5.74, 6) is 1.08. The molecular formula is C20H22N4O2. The number of hydrogen-bond acceptors (Lipinski definition) is 5. The summed E-state index contributed by atoms with van der Waals surface area (Å²) in [6.07, 6.45) is 3.34. The maximum Gasteiger partial charge on any atom is 0.253 e. The van der Waals surface area contributed by atoms with Gasteiger partial charge in [-0.25, -0.2) is 9.97 Å². The molecule has 0 saturated carbocycles. The second-order valence-electron chi connectivity index (χ2n) is 6.62. The topological polar surface area (TPSA) is 79.1 Å². The lowest BCUT2D eigenvalue weighted by atomic mass is 9.97. The van der Waals surface area contributed by atoms with Gasteiger partial charge in [0.15, 0.2) is 0 Å². The fourth-order valence-corrected chi connectivity index (χ4v) is 3.03. The summed E-state index contributed by atoms with van der Waals surface area (Å²) in [6, 6.07) is 8.86. The first-order valence-electron chi connectivity index (χ1n) is 8.79. The molecule has 6 heteroatoms. The molecule has 1 fully saturated rings. The maximum absolute atomic E-state index is 12.6. The van der Waals surface area contributed by atoms with Gasteiger partial charge in [0.05, 0.1) is 18.2 Å². The average Bonchev–Trinajstić information content (AvgIpc) is 2.69. The fraction of sp³-hybridized carbons (Fsp3) is 0.400. The van der Waals surface area contributed by atoms with Gasteiger partial charge in [0.1, 0.15) is 6.33 Å². The Hall–Kier alpha value is -2.94. The number of likely N-dealkylation sites (tertiary alicyclic amines) is 1. The highest BCUT2D eigenvalue weighted by Crippen LogP contribution is 2.22. The molecule has 1 aromatic carbocycles. The Morgan fingerprint density at radius 1 is 1.23 bits per heavy atom. The summed E-state index contributed by atoms with van der Waals surface area (Å²) < 4.78 is 5.88. The van der Waals surface area contributed by atoms with Crippen LogP contribution in [0.4, 0.5) is 0 Å². The van der Waals surface area contributed by atoms with Gasteiger partial charge >= 0.3 is 0 Å². The maximum atomic E-state index is 12.6. The number of amides is 1. The lowest BCUT2D eigenvalue weighted by molar-refractivity contribution is 0.0659. The quantitative estimate of drug-likeness (QED) is 0.847. The van der Waals surface area contributed by atoms with Gasteiger partial charge < -0.3 is 9.64 Å². The molecule has 1 amide bonds. The predicted octanol–water partition coefficient (Wildman–Crippen LogP) is 2.90. The van der Waals surface area contributed by atoms with E-state index in [0.717, 1.165) is 24.1 Å². The normalized spacial score (nSPS) is 14.7. The van der Waals surface area contributed by atoms with Crippen LogP contribution in [0.5, 0.6) is 5.88 Å². The van der Waals surface area contributed by atoms with E-state index in [9.17, 15) is 4.79 Å². The monoisotopic (exact) mass is 350 g/mol. The third-order valence-corrected chi connectivity index (χ3v) is 4.91. The highest BCUT2D eigenvalue weighted by molar-refractivity contribution is 5.94. The summed E-state index contributed by atoms with van der Waals surface area (Å²) in [7, 11) is 0. The first-order valence-corrected chi connectivity index (χ1v) is 8.79. The van der Waals surface area contributed by atoms with Gasteiger partial charge in [0.25, 0.3) is 5.91 Å². The van der Waals surface area contributed by atoms with E-state index in [0.29, 0.717) is 42.6 Å². The summed E-state index contributed by atoms with van der Waals surface area (Å²) in [4.78, 5) is 22.8. The van der Waals surface area contributed by atoms with Crippen LogP contribution in [0.1, 0.15) is 40.0 Å². The molecule has 0 spiro atoms. The Morgan fingerprint density at radius 2 is 1.92 bits per heavy atom. The van der Waals surface area contributed by atoms with E-state index in [1.165, 1.54) is 6.33 Å². The number of carbonyl (C=O) groups is 1. The SMILES string of the molecule is Cc1ncnc(OCC2CCN(C(=O)c3ccc(C#N)cc3)CC2)c1C. The Balaban J connectivity index is 1.51. The van der Waals surface area contributed by atoms with Crippen molar-refractivity contribution >= 4 is 5.91 Å². The van der Waals surface area contributed by atoms with Crippen LogP contribution in [-0.2, 0) is 0 Å². The van der Waals surface area contributed by atoms with Crippen molar-refractivity contribution < 1.29 is 9.53 Å². The lowest BCUT2D eigenvalue weighted by Gasteiger charge is -2.32. The van der Waals surface area contributed by atoms with Crippen molar-refractivity contribution in [2.75, 3.05) is 19.7 Å². The van der Waals surface area contributed by atoms with E-state index in [-0.39, 0.29) is 5.91 Å². The molecule has 0 unspecified atom stereocenters. The van der Waals surface area contributed by atoms with Gasteiger partial charge in [0.2, 0.25) is 5.88 Å². The molecule has 2 heterocycles. The number of nitriles is 1. The molecule has 0 aliphatic carbocycles. The van der Waals surface area contributed by atoms with Crippen molar-refractivity contribution in [1.82, 2.24) is 14.9 Å². The minimum atomic E-state index is 0.0242. The van der Waals surface area contributed by atoms with Crippen molar-refractivity contribution in [3.63, 3.8) is 0 Å². The molecule has 0 atom stereocenters. The van der Waals surface area contributed by atoms with Crippen LogP contribution in [-0.4, -0.2) is 40.5 Å². The minimum absolute atomic E-state index is 0.0242. The third kappa shape index (κ3) is 3.99. The van der Waals surface area contributed by atoms with Crippen molar-refractivity contribution in [2.24, 2.45) is 5.92 Å². The largest absolute Gasteiger partial charge is 0.477 e. The average molecular weight is 350 g/mol. The van der Waals surface area contributed by atoms with Crippen LogP contribution < -0.4 is 4.74 Å². The molecule has 1 aromatic heterocycles. The zero-order valence-corrected chi connectivity index (χ0v) is 15.1. The minimum Gasteiger partial charge on any atom is -0.477 e. The molecule has 134 valence electrons. The summed E-state index contributed by atoms with van der Waals surface area (Å²) in [5, 5.41) is 8.84. The highest BCUT2D eigenvalue weighted by Gasteiger charge is 2.24. The lowest BCUT2D eigenvalue weighted by Crippen LogP contribution is -2.39. The Morgan fingerprint density at radius 3 is 2.58 bits per heavy atom. The standard InChI is InChI=1S/C20H22N4O2/c1-14-15(2)22-13-23-19(14)26-12-17-7-9-24(10-8-17)20(25)18-5-3-16(11-21)4-6-18/h3-6,13,17H,7-10,12H2,1-2H3. The molecule has 0 N–H and O–H groups in total. The van der Waals surface area contributed by atoms with Crippen LogP contribution >= 0.6 is 0 Å². The van der Waals surface area contributed by atoms with Gasteiger partial charge in [-0.2, -0.15) is 5.26 Å². The first kappa shape index (κ1) is 17.9. The van der Waals surface area contributed by atoms with Crippen LogP contribution in [0, 0.1) is 31.1 Å². The first-order chi connectivity index (χ1) is 12.6. The molecule has 0 bridgehead atoms. The number of carbonyl (C=O) groups excluding carboxylic acids is 1. The van der Waals surface area contributed by atoms with E-state index in [1.54, 1.807) is 24.3 Å². The number of aryl methyl sites for hydroxylation is 1. The molecule has 1 aliphatic rings. The Bertz CT molecular complexity index is 819. The summed E-state index contributed by atoms with van der Waals surface area (Å²) in [6.45, 7) is 5.94. The molecule has 2 aromatic rings. The third-order valence-electron chi connectivity index (χ3n) is 4.91. The molecule has 6 nitrogen and oxygen atoms in total. The number of ether oxygens (including phenoxy) is 1. The molecule has 3 rings (SSSR count). The van der Waals surface area contributed by atoms with E-state index >= 15 is 0 Å². The van der Waals surface area contributed by atoms with Gasteiger partial charge in [-0.3, -0.25) is 4.79 Å². The van der Waals surface area contributed by atoms with E-state index in [2.05, 4.69) is 16.0 Å². The van der Waals surface area contributed by atoms with Crippen molar-refractivity contribution in [3.8, 4) is 11.9 Å². The molecule has 1 aliphatic heterocycles. The Kier molecular flexibility index (Phi) is 5.47. The second kappa shape index (κ2) is 7.96. The van der Waals surface area contributed by atoms with Crippen molar-refractivity contribution in [3.05, 3.63) is 53.0 Å². The zero-order valence-electron chi connectivity index (χ0n) is 15.1. The van der Waals surface area contributed by atoms with E-state index < -0.39 is 0 Å². The van der Waals surface area contributed by atoms with Crippen LogP contribution in [0.3, 0.4) is 0 Å². The fourth-order valence-electron chi connectivity index (χ4n) is 3.03. The molecule has 1 saturated heterocycles. The van der Waals surface area contributed by atoms with Crippen molar-refractivity contribution in [1.29, 1.82) is 5.26 Å². The predicted molar refractivity (Wildman–Crippen MR) is 96.8 cm³/mol. The molecule has 0 radical (unpaired) electrons. The Labute approximate surface area is 153 Å². The molecular weight excluding hydrogens is 328 g/mol. The van der Waals surface area contributed by atoms with Crippen molar-refractivity contribution in [2.45, 2.75) is 26.7 Å².